The highest BCUT2D eigenvalue weighted by Crippen LogP contribution is 2.25. The highest BCUT2D eigenvalue weighted by atomic mass is 35.5. The van der Waals surface area contributed by atoms with Gasteiger partial charge in [0.05, 0.1) is 0 Å². The Bertz CT molecular complexity index is 245. The van der Waals surface area contributed by atoms with Gasteiger partial charge in [0, 0.05) is 18.3 Å². The van der Waals surface area contributed by atoms with Crippen LogP contribution in [0.3, 0.4) is 0 Å². The second kappa shape index (κ2) is 10.5. The summed E-state index contributed by atoms with van der Waals surface area (Å²) in [5.74, 6) is 1.41. The van der Waals surface area contributed by atoms with E-state index in [0.29, 0.717) is 24.3 Å². The summed E-state index contributed by atoms with van der Waals surface area (Å²) in [7, 11) is 0. The van der Waals surface area contributed by atoms with Crippen molar-refractivity contribution in [2.45, 2.75) is 83.6 Å². The van der Waals surface area contributed by atoms with Gasteiger partial charge in [-0.1, -0.05) is 51.9 Å². The lowest BCUT2D eigenvalue weighted by Gasteiger charge is -2.30. The average molecular weight is 288 g/mol. The van der Waals surface area contributed by atoms with Crippen LogP contribution in [0.4, 0.5) is 0 Å². The maximum atomic E-state index is 11.9. The molecule has 0 aromatic rings. The molecule has 0 heterocycles. The van der Waals surface area contributed by atoms with Crippen LogP contribution in [0.25, 0.3) is 0 Å². The van der Waals surface area contributed by atoms with Crippen LogP contribution in [0.5, 0.6) is 0 Å². The largest absolute Gasteiger partial charge is 0.353 e. The molecule has 3 heteroatoms. The van der Waals surface area contributed by atoms with Crippen molar-refractivity contribution < 1.29 is 4.79 Å². The lowest BCUT2D eigenvalue weighted by molar-refractivity contribution is -0.122. The Morgan fingerprint density at radius 2 is 1.79 bits per heavy atom. The first kappa shape index (κ1) is 16.8. The first-order chi connectivity index (χ1) is 9.27. The Kier molecular flexibility index (Phi) is 9.32. The van der Waals surface area contributed by atoms with Crippen molar-refractivity contribution in [2.24, 2.45) is 5.92 Å². The van der Waals surface area contributed by atoms with Crippen LogP contribution >= 0.6 is 11.6 Å². The maximum absolute atomic E-state index is 11.9. The zero-order chi connectivity index (χ0) is 13.9. The van der Waals surface area contributed by atoms with E-state index in [1.807, 2.05) is 0 Å². The van der Waals surface area contributed by atoms with Gasteiger partial charge in [0.1, 0.15) is 0 Å². The Hall–Kier alpha value is -0.240. The zero-order valence-corrected chi connectivity index (χ0v) is 13.2. The minimum Gasteiger partial charge on any atom is -0.353 e. The van der Waals surface area contributed by atoms with E-state index < -0.39 is 0 Å². The van der Waals surface area contributed by atoms with E-state index in [2.05, 4.69) is 12.2 Å². The van der Waals surface area contributed by atoms with E-state index in [1.165, 1.54) is 51.4 Å². The Labute approximate surface area is 123 Å². The van der Waals surface area contributed by atoms with Gasteiger partial charge in [-0.05, 0) is 25.2 Å². The molecule has 112 valence electrons. The third-order valence-electron chi connectivity index (χ3n) is 4.21. The molecule has 1 fully saturated rings. The number of carbonyl (C=O) groups excluding carboxylic acids is 1. The molecule has 2 nitrogen and oxygen atoms in total. The molecule has 1 N–H and O–H groups in total. The molecule has 19 heavy (non-hydrogen) atoms. The van der Waals surface area contributed by atoms with E-state index in [4.69, 9.17) is 11.6 Å². The summed E-state index contributed by atoms with van der Waals surface area (Å²) in [6, 6.07) is 0.332. The van der Waals surface area contributed by atoms with E-state index in [0.717, 1.165) is 12.8 Å². The molecule has 0 bridgehead atoms. The van der Waals surface area contributed by atoms with Crippen LogP contribution in [0.1, 0.15) is 77.6 Å². The number of nitrogens with one attached hydrogen (secondary N) is 1. The first-order valence-electron chi connectivity index (χ1n) is 8.13. The third kappa shape index (κ3) is 7.20. The summed E-state index contributed by atoms with van der Waals surface area (Å²) in [6.45, 7) is 2.23. The predicted octanol–water partition coefficient (Wildman–Crippen LogP) is 4.65. The molecule has 1 aliphatic carbocycles. The van der Waals surface area contributed by atoms with Crippen LogP contribution in [0.15, 0.2) is 0 Å². The second-order valence-corrected chi connectivity index (χ2v) is 6.20. The smallest absolute Gasteiger partial charge is 0.220 e. The number of unbranched alkanes of at least 4 members (excludes halogenated alkanes) is 5. The molecule has 2 unspecified atom stereocenters. The van der Waals surface area contributed by atoms with Crippen LogP contribution < -0.4 is 5.32 Å². The van der Waals surface area contributed by atoms with Crippen LogP contribution in [0.2, 0.25) is 0 Å². The minimum absolute atomic E-state index is 0.234. The molecule has 0 aliphatic heterocycles. The summed E-state index contributed by atoms with van der Waals surface area (Å²) in [6.07, 6.45) is 12.9. The van der Waals surface area contributed by atoms with Crippen molar-refractivity contribution in [3.8, 4) is 0 Å². The molecule has 1 amide bonds. The number of hydrogen-bond donors (Lipinski definition) is 1. The van der Waals surface area contributed by atoms with Crippen molar-refractivity contribution >= 4 is 17.5 Å². The van der Waals surface area contributed by atoms with Gasteiger partial charge in [-0.3, -0.25) is 4.79 Å². The number of hydrogen-bond acceptors (Lipinski definition) is 1. The fraction of sp³-hybridized carbons (Fsp3) is 0.938. The number of rotatable bonds is 9. The standard InChI is InChI=1S/C16H30ClNO/c1-2-3-4-5-6-7-12-16(19)18-15-11-9-8-10-14(15)13-17/h14-15H,2-13H2,1H3,(H,18,19). The van der Waals surface area contributed by atoms with Gasteiger partial charge in [0.25, 0.3) is 0 Å². The number of halogens is 1. The van der Waals surface area contributed by atoms with E-state index >= 15 is 0 Å². The Morgan fingerprint density at radius 1 is 1.11 bits per heavy atom. The monoisotopic (exact) mass is 287 g/mol. The first-order valence-corrected chi connectivity index (χ1v) is 8.66. The van der Waals surface area contributed by atoms with Crippen molar-refractivity contribution in [1.82, 2.24) is 5.32 Å². The highest BCUT2D eigenvalue weighted by molar-refractivity contribution is 6.18. The Balaban J connectivity index is 2.09. The van der Waals surface area contributed by atoms with Crippen molar-refractivity contribution in [1.29, 1.82) is 0 Å². The van der Waals surface area contributed by atoms with E-state index in [1.54, 1.807) is 0 Å². The molecule has 1 saturated carbocycles. The summed E-state index contributed by atoms with van der Waals surface area (Å²) in [4.78, 5) is 11.9. The average Bonchev–Trinajstić information content (AvgIpc) is 2.43. The molecular weight excluding hydrogens is 258 g/mol. The van der Waals surface area contributed by atoms with Gasteiger partial charge >= 0.3 is 0 Å². The number of alkyl halides is 1. The molecule has 0 aromatic carbocycles. The SMILES string of the molecule is CCCCCCCCC(=O)NC1CCCCC1CCl. The summed E-state index contributed by atoms with van der Waals surface area (Å²) in [5.41, 5.74) is 0. The van der Waals surface area contributed by atoms with Gasteiger partial charge in [-0.25, -0.2) is 0 Å². The number of amides is 1. The van der Waals surface area contributed by atoms with E-state index in [9.17, 15) is 4.79 Å². The molecule has 1 rings (SSSR count). The molecule has 0 aromatic heterocycles. The maximum Gasteiger partial charge on any atom is 0.220 e. The highest BCUT2D eigenvalue weighted by Gasteiger charge is 2.25. The third-order valence-corrected chi connectivity index (χ3v) is 4.61. The summed E-state index contributed by atoms with van der Waals surface area (Å²) in [5, 5.41) is 3.20. The fourth-order valence-electron chi connectivity index (χ4n) is 2.93. The van der Waals surface area contributed by atoms with Crippen LogP contribution in [-0.2, 0) is 4.79 Å². The molecule has 0 radical (unpaired) electrons. The molecular formula is C16H30ClNO. The van der Waals surface area contributed by atoms with Gasteiger partial charge in [0.2, 0.25) is 5.91 Å². The zero-order valence-electron chi connectivity index (χ0n) is 12.4. The van der Waals surface area contributed by atoms with Gasteiger partial charge in [-0.15, -0.1) is 11.6 Å². The Morgan fingerprint density at radius 3 is 2.53 bits per heavy atom. The molecule has 2 atom stereocenters. The lowest BCUT2D eigenvalue weighted by atomic mass is 9.85. The summed E-state index contributed by atoms with van der Waals surface area (Å²) < 4.78 is 0. The molecule has 1 aliphatic rings. The van der Waals surface area contributed by atoms with Crippen molar-refractivity contribution in [3.05, 3.63) is 0 Å². The van der Waals surface area contributed by atoms with Gasteiger partial charge in [-0.2, -0.15) is 0 Å². The summed E-state index contributed by atoms with van der Waals surface area (Å²) >= 11 is 5.98. The quantitative estimate of drug-likeness (QED) is 0.485. The minimum atomic E-state index is 0.234. The van der Waals surface area contributed by atoms with Gasteiger partial charge in [0.15, 0.2) is 0 Å². The normalized spacial score (nSPS) is 23.3. The predicted molar refractivity (Wildman–Crippen MR) is 82.6 cm³/mol. The second-order valence-electron chi connectivity index (χ2n) is 5.89. The molecule has 0 spiro atoms. The van der Waals surface area contributed by atoms with Crippen LogP contribution in [0, 0.1) is 5.92 Å². The molecule has 0 saturated heterocycles. The topological polar surface area (TPSA) is 29.1 Å². The lowest BCUT2D eigenvalue weighted by Crippen LogP contribution is -2.42. The van der Waals surface area contributed by atoms with Gasteiger partial charge < -0.3 is 5.32 Å². The van der Waals surface area contributed by atoms with Crippen molar-refractivity contribution in [2.75, 3.05) is 5.88 Å². The van der Waals surface area contributed by atoms with Crippen molar-refractivity contribution in [3.63, 3.8) is 0 Å². The van der Waals surface area contributed by atoms with Crippen LogP contribution in [-0.4, -0.2) is 17.8 Å². The van der Waals surface area contributed by atoms with E-state index in [-0.39, 0.29) is 5.91 Å². The number of carbonyl (C=O) groups is 1. The fourth-order valence-corrected chi connectivity index (χ4v) is 3.30.